The van der Waals surface area contributed by atoms with E-state index in [0.29, 0.717) is 11.0 Å². The Morgan fingerprint density at radius 2 is 1.94 bits per heavy atom. The summed E-state index contributed by atoms with van der Waals surface area (Å²) in [5.74, 6) is -0.0678. The predicted molar refractivity (Wildman–Crippen MR) is 69.7 cm³/mol. The van der Waals surface area contributed by atoms with E-state index in [0.717, 1.165) is 6.42 Å². The van der Waals surface area contributed by atoms with Gasteiger partial charge in [0.1, 0.15) is 0 Å². The van der Waals surface area contributed by atoms with Crippen LogP contribution in [0.1, 0.15) is 5.56 Å². The molecule has 1 aromatic rings. The normalized spacial score (nSPS) is 11.7. The van der Waals surface area contributed by atoms with Crippen molar-refractivity contribution in [1.82, 2.24) is 5.43 Å². The first-order chi connectivity index (χ1) is 7.97. The van der Waals surface area contributed by atoms with Crippen LogP contribution in [0.3, 0.4) is 0 Å². The molecule has 0 heterocycles. The number of benzene rings is 1. The topological polar surface area (TPSA) is 41.5 Å². The summed E-state index contributed by atoms with van der Waals surface area (Å²) in [5, 5.41) is 3.92. The van der Waals surface area contributed by atoms with Gasteiger partial charge in [-0.2, -0.15) is 5.10 Å². The molecule has 0 saturated heterocycles. The molecule has 0 fully saturated rings. The van der Waals surface area contributed by atoms with Crippen molar-refractivity contribution < 1.29 is 9.28 Å². The Balaban J connectivity index is 2.29. The molecule has 0 saturated carbocycles. The lowest BCUT2D eigenvalue weighted by molar-refractivity contribution is -0.862. The van der Waals surface area contributed by atoms with E-state index < -0.39 is 0 Å². The smallest absolute Gasteiger partial charge is 0.295 e. The quantitative estimate of drug-likeness (QED) is 0.461. The molecule has 4 nitrogen and oxygen atoms in total. The number of hydrogen-bond donors (Lipinski definition) is 1. The van der Waals surface area contributed by atoms with E-state index in [-0.39, 0.29) is 5.91 Å². The molecule has 1 rings (SSSR count). The van der Waals surface area contributed by atoms with Crippen LogP contribution >= 0.6 is 0 Å². The number of likely N-dealkylation sites (N-methyl/N-ethyl adjacent to an activating group) is 1. The Labute approximate surface area is 103 Å². The summed E-state index contributed by atoms with van der Waals surface area (Å²) in [6, 6.07) is 10.0. The Hall–Kier alpha value is -1.68. The number of quaternary nitrogens is 1. The Kier molecular flexibility index (Phi) is 4.84. The highest BCUT2D eigenvalue weighted by atomic mass is 16.2. The number of nitrogens with one attached hydrogen (secondary N) is 1. The minimum atomic E-state index is -0.0678. The summed E-state index contributed by atoms with van der Waals surface area (Å²) in [4.78, 5) is 11.4. The van der Waals surface area contributed by atoms with Crippen LogP contribution < -0.4 is 5.43 Å². The molecule has 0 unspecified atom stereocenters. The molecule has 92 valence electrons. The summed E-state index contributed by atoms with van der Waals surface area (Å²) in [7, 11) is 5.90. The molecule has 17 heavy (non-hydrogen) atoms. The molecule has 0 aromatic heterocycles. The number of rotatable bonds is 5. The molecule has 1 amide bonds. The van der Waals surface area contributed by atoms with Gasteiger partial charge in [-0.05, 0) is 5.56 Å². The lowest BCUT2D eigenvalue weighted by Crippen LogP contribution is -2.43. The van der Waals surface area contributed by atoms with Gasteiger partial charge in [0.2, 0.25) is 0 Å². The molecule has 0 radical (unpaired) electrons. The molecule has 0 atom stereocenters. The van der Waals surface area contributed by atoms with Crippen LogP contribution in [-0.4, -0.2) is 44.3 Å². The first-order valence-electron chi connectivity index (χ1n) is 5.62. The van der Waals surface area contributed by atoms with E-state index in [1.165, 1.54) is 5.56 Å². The molecule has 1 N–H and O–H groups in total. The average Bonchev–Trinajstić information content (AvgIpc) is 2.23. The SMILES string of the molecule is C[N+](C)(C)CC(=O)N/N=C/Cc1ccccc1. The Morgan fingerprint density at radius 1 is 1.29 bits per heavy atom. The van der Waals surface area contributed by atoms with Crippen LogP contribution in [0.25, 0.3) is 0 Å². The lowest BCUT2D eigenvalue weighted by Gasteiger charge is -2.21. The van der Waals surface area contributed by atoms with Gasteiger partial charge in [0.05, 0.1) is 21.1 Å². The number of hydrogen-bond acceptors (Lipinski definition) is 2. The fraction of sp³-hybridized carbons (Fsp3) is 0.385. The standard InChI is InChI=1S/C13H19N3O/c1-16(2,3)11-13(17)15-14-10-9-12-7-5-4-6-8-12/h4-8,10H,9,11H2,1-3H3/p+1/b14-10+. The largest absolute Gasteiger partial charge is 0.323 e. The minimum absolute atomic E-state index is 0.0678. The number of amides is 1. The lowest BCUT2D eigenvalue weighted by atomic mass is 10.2. The summed E-state index contributed by atoms with van der Waals surface area (Å²) in [6.45, 7) is 0.419. The zero-order chi connectivity index (χ0) is 12.7. The van der Waals surface area contributed by atoms with E-state index in [1.54, 1.807) is 6.21 Å². The third-order valence-corrected chi connectivity index (χ3v) is 2.07. The van der Waals surface area contributed by atoms with Gasteiger partial charge in [-0.3, -0.25) is 4.79 Å². The first-order valence-corrected chi connectivity index (χ1v) is 5.62. The van der Waals surface area contributed by atoms with Gasteiger partial charge in [0.15, 0.2) is 6.54 Å². The van der Waals surface area contributed by atoms with Crippen molar-refractivity contribution >= 4 is 12.1 Å². The van der Waals surface area contributed by atoms with Crippen molar-refractivity contribution in [3.8, 4) is 0 Å². The van der Waals surface area contributed by atoms with Crippen molar-refractivity contribution in [1.29, 1.82) is 0 Å². The summed E-state index contributed by atoms with van der Waals surface area (Å²) in [5.41, 5.74) is 3.70. The van der Waals surface area contributed by atoms with E-state index in [4.69, 9.17) is 0 Å². The van der Waals surface area contributed by atoms with Crippen molar-refractivity contribution in [3.05, 3.63) is 35.9 Å². The molecule has 0 aliphatic heterocycles. The average molecular weight is 234 g/mol. The van der Waals surface area contributed by atoms with E-state index in [9.17, 15) is 4.79 Å². The highest BCUT2D eigenvalue weighted by Crippen LogP contribution is 1.97. The molecule has 0 spiro atoms. The predicted octanol–water partition coefficient (Wildman–Crippen LogP) is 1.04. The Morgan fingerprint density at radius 3 is 2.53 bits per heavy atom. The van der Waals surface area contributed by atoms with Crippen LogP contribution in [0.4, 0.5) is 0 Å². The number of carbonyl (C=O) groups is 1. The van der Waals surface area contributed by atoms with Crippen LogP contribution in [0.15, 0.2) is 35.4 Å². The van der Waals surface area contributed by atoms with Crippen LogP contribution in [0.2, 0.25) is 0 Å². The minimum Gasteiger partial charge on any atom is -0.323 e. The Bertz CT molecular complexity index is 379. The third kappa shape index (κ3) is 6.48. The number of carbonyl (C=O) groups excluding carboxylic acids is 1. The molecule has 0 bridgehead atoms. The first kappa shape index (κ1) is 13.4. The van der Waals surface area contributed by atoms with Gasteiger partial charge < -0.3 is 4.48 Å². The van der Waals surface area contributed by atoms with Crippen molar-refractivity contribution in [3.63, 3.8) is 0 Å². The van der Waals surface area contributed by atoms with Crippen LogP contribution in [-0.2, 0) is 11.2 Å². The summed E-state index contributed by atoms with van der Waals surface area (Å²) >= 11 is 0. The summed E-state index contributed by atoms with van der Waals surface area (Å²) < 4.78 is 0.597. The van der Waals surface area contributed by atoms with Gasteiger partial charge in [0, 0.05) is 12.6 Å². The van der Waals surface area contributed by atoms with E-state index in [1.807, 2.05) is 51.5 Å². The fourth-order valence-electron chi connectivity index (χ4n) is 1.35. The van der Waals surface area contributed by atoms with Gasteiger partial charge >= 0.3 is 0 Å². The van der Waals surface area contributed by atoms with Crippen molar-refractivity contribution in [2.24, 2.45) is 5.10 Å². The van der Waals surface area contributed by atoms with E-state index >= 15 is 0 Å². The van der Waals surface area contributed by atoms with Gasteiger partial charge in [-0.15, -0.1) is 0 Å². The molecule has 0 aliphatic rings. The van der Waals surface area contributed by atoms with E-state index in [2.05, 4.69) is 10.5 Å². The molecular weight excluding hydrogens is 214 g/mol. The molecule has 4 heteroatoms. The fourth-order valence-corrected chi connectivity index (χ4v) is 1.35. The maximum absolute atomic E-state index is 11.4. The van der Waals surface area contributed by atoms with Gasteiger partial charge in [-0.1, -0.05) is 30.3 Å². The zero-order valence-corrected chi connectivity index (χ0v) is 10.7. The van der Waals surface area contributed by atoms with Crippen molar-refractivity contribution in [2.45, 2.75) is 6.42 Å². The second-order valence-corrected chi connectivity index (χ2v) is 4.98. The van der Waals surface area contributed by atoms with Gasteiger partial charge in [-0.25, -0.2) is 5.43 Å². The zero-order valence-electron chi connectivity index (χ0n) is 10.7. The van der Waals surface area contributed by atoms with Crippen LogP contribution in [0, 0.1) is 0 Å². The maximum atomic E-state index is 11.4. The summed E-state index contributed by atoms with van der Waals surface area (Å²) in [6.07, 6.45) is 2.44. The molecular formula is C13H20N3O+. The van der Waals surface area contributed by atoms with Gasteiger partial charge in [0.25, 0.3) is 5.91 Å². The second kappa shape index (κ2) is 6.15. The highest BCUT2D eigenvalue weighted by Gasteiger charge is 2.12. The highest BCUT2D eigenvalue weighted by molar-refractivity contribution is 5.77. The maximum Gasteiger partial charge on any atom is 0.295 e. The third-order valence-electron chi connectivity index (χ3n) is 2.07. The monoisotopic (exact) mass is 234 g/mol. The van der Waals surface area contributed by atoms with Crippen molar-refractivity contribution in [2.75, 3.05) is 27.7 Å². The number of nitrogens with zero attached hydrogens (tertiary/aromatic N) is 2. The van der Waals surface area contributed by atoms with Crippen LogP contribution in [0.5, 0.6) is 0 Å². The number of hydrazone groups is 1. The second-order valence-electron chi connectivity index (χ2n) is 4.98. The molecule has 1 aromatic carbocycles. The molecule has 0 aliphatic carbocycles.